The number of fused-ring (bicyclic) bond motifs is 2. The molecule has 0 saturated heterocycles. The Kier molecular flexibility index (Phi) is 2.67. The van der Waals surface area contributed by atoms with Crippen LogP contribution in [0.2, 0.25) is 0 Å². The van der Waals surface area contributed by atoms with E-state index in [0.717, 1.165) is 12.8 Å². The van der Waals surface area contributed by atoms with Crippen molar-refractivity contribution >= 4 is 11.9 Å². The summed E-state index contributed by atoms with van der Waals surface area (Å²) in [5.41, 5.74) is 0. The van der Waals surface area contributed by atoms with Gasteiger partial charge in [-0.1, -0.05) is 6.42 Å². The third-order valence-corrected chi connectivity index (χ3v) is 3.80. The van der Waals surface area contributed by atoms with Crippen molar-refractivity contribution in [3.8, 4) is 0 Å². The summed E-state index contributed by atoms with van der Waals surface area (Å²) in [5, 5.41) is 11.3. The van der Waals surface area contributed by atoms with Gasteiger partial charge in [0.25, 0.3) is 0 Å². The molecule has 2 saturated carbocycles. The maximum absolute atomic E-state index is 11.8. The monoisotopic (exact) mass is 211 g/mol. The molecule has 2 aliphatic rings. The number of carbonyl (C=O) groups excluding carboxylic acids is 1. The van der Waals surface area contributed by atoms with Crippen molar-refractivity contribution in [2.75, 3.05) is 0 Å². The smallest absolute Gasteiger partial charge is 0.325 e. The zero-order chi connectivity index (χ0) is 11.0. The molecule has 84 valence electrons. The summed E-state index contributed by atoms with van der Waals surface area (Å²) in [7, 11) is 0. The zero-order valence-electron chi connectivity index (χ0n) is 8.90. The molecule has 4 atom stereocenters. The predicted molar refractivity (Wildman–Crippen MR) is 54.2 cm³/mol. The van der Waals surface area contributed by atoms with E-state index in [2.05, 4.69) is 5.32 Å². The van der Waals surface area contributed by atoms with Gasteiger partial charge in [0.2, 0.25) is 5.91 Å². The van der Waals surface area contributed by atoms with E-state index >= 15 is 0 Å². The molecule has 2 bridgehead atoms. The lowest BCUT2D eigenvalue weighted by atomic mass is 9.88. The summed E-state index contributed by atoms with van der Waals surface area (Å²) in [6, 6.07) is -0.767. The molecule has 0 heterocycles. The molecule has 4 nitrogen and oxygen atoms in total. The summed E-state index contributed by atoms with van der Waals surface area (Å²) in [5.74, 6) is 0.274. The van der Waals surface area contributed by atoms with Crippen molar-refractivity contribution < 1.29 is 14.7 Å². The van der Waals surface area contributed by atoms with Gasteiger partial charge in [0.05, 0.1) is 0 Å². The molecule has 2 N–H and O–H groups in total. The Hall–Kier alpha value is -1.06. The largest absolute Gasteiger partial charge is 0.480 e. The Bertz CT molecular complexity index is 290. The Morgan fingerprint density at radius 2 is 2.07 bits per heavy atom. The van der Waals surface area contributed by atoms with Gasteiger partial charge < -0.3 is 10.4 Å². The Morgan fingerprint density at radius 3 is 2.53 bits per heavy atom. The topological polar surface area (TPSA) is 66.4 Å². The summed E-state index contributed by atoms with van der Waals surface area (Å²) >= 11 is 0. The number of aliphatic carboxylic acids is 1. The molecule has 2 aliphatic carbocycles. The van der Waals surface area contributed by atoms with Crippen LogP contribution in [0.1, 0.15) is 32.6 Å². The zero-order valence-corrected chi connectivity index (χ0v) is 8.90. The van der Waals surface area contributed by atoms with Gasteiger partial charge in [0, 0.05) is 5.92 Å². The number of nitrogens with one attached hydrogen (secondary N) is 1. The number of hydrogen-bond acceptors (Lipinski definition) is 2. The molecule has 3 unspecified atom stereocenters. The maximum atomic E-state index is 11.8. The van der Waals surface area contributed by atoms with E-state index < -0.39 is 12.0 Å². The second-order valence-electron chi connectivity index (χ2n) is 4.85. The summed E-state index contributed by atoms with van der Waals surface area (Å²) < 4.78 is 0. The molecular weight excluding hydrogens is 194 g/mol. The fourth-order valence-corrected chi connectivity index (χ4v) is 2.95. The van der Waals surface area contributed by atoms with Gasteiger partial charge in [-0.15, -0.1) is 0 Å². The molecule has 15 heavy (non-hydrogen) atoms. The fraction of sp³-hybridized carbons (Fsp3) is 0.818. The standard InChI is InChI=1S/C11H17NO3/c1-6(11(14)15)12-10(13)9-5-7-2-3-8(9)4-7/h6-9H,2-5H2,1H3,(H,12,13)(H,14,15)/t6-,7?,8?,9?/m0/s1. The molecule has 0 spiro atoms. The van der Waals surface area contributed by atoms with Gasteiger partial charge in [0.1, 0.15) is 6.04 Å². The lowest BCUT2D eigenvalue weighted by molar-refractivity contribution is -0.142. The highest BCUT2D eigenvalue weighted by molar-refractivity contribution is 5.85. The van der Waals surface area contributed by atoms with Gasteiger partial charge in [-0.3, -0.25) is 9.59 Å². The quantitative estimate of drug-likeness (QED) is 0.732. The summed E-state index contributed by atoms with van der Waals surface area (Å²) in [6.07, 6.45) is 4.52. The van der Waals surface area contributed by atoms with E-state index in [0.29, 0.717) is 11.8 Å². The van der Waals surface area contributed by atoms with E-state index in [-0.39, 0.29) is 11.8 Å². The minimum absolute atomic E-state index is 0.0582. The van der Waals surface area contributed by atoms with Gasteiger partial charge in [-0.2, -0.15) is 0 Å². The van der Waals surface area contributed by atoms with Crippen LogP contribution in [-0.2, 0) is 9.59 Å². The molecule has 0 aromatic heterocycles. The molecule has 0 aliphatic heterocycles. The van der Waals surface area contributed by atoms with Crippen LogP contribution < -0.4 is 5.32 Å². The van der Waals surface area contributed by atoms with Crippen LogP contribution in [0.4, 0.5) is 0 Å². The first kappa shape index (κ1) is 10.5. The SMILES string of the molecule is C[C@H](NC(=O)C1CC2CCC1C2)C(=O)O. The first-order valence-corrected chi connectivity index (χ1v) is 5.61. The Morgan fingerprint density at radius 1 is 1.33 bits per heavy atom. The third-order valence-electron chi connectivity index (χ3n) is 3.80. The molecule has 4 heteroatoms. The van der Waals surface area contributed by atoms with E-state index in [9.17, 15) is 9.59 Å². The van der Waals surface area contributed by atoms with Crippen LogP contribution in [0.25, 0.3) is 0 Å². The predicted octanol–water partition coefficient (Wildman–Crippen LogP) is 1.01. The third kappa shape index (κ3) is 1.98. The van der Waals surface area contributed by atoms with Crippen molar-refractivity contribution in [3.05, 3.63) is 0 Å². The second-order valence-corrected chi connectivity index (χ2v) is 4.85. The molecular formula is C11H17NO3. The molecule has 0 aromatic rings. The van der Waals surface area contributed by atoms with Crippen molar-refractivity contribution in [1.82, 2.24) is 5.32 Å². The molecule has 2 rings (SSSR count). The number of carboxylic acid groups (broad SMARTS) is 1. The van der Waals surface area contributed by atoms with E-state index in [1.54, 1.807) is 0 Å². The second kappa shape index (κ2) is 3.83. The summed E-state index contributed by atoms with van der Waals surface area (Å²) in [6.45, 7) is 1.51. The van der Waals surface area contributed by atoms with Gasteiger partial charge in [0.15, 0.2) is 0 Å². The van der Waals surface area contributed by atoms with E-state index in [1.807, 2.05) is 0 Å². The maximum Gasteiger partial charge on any atom is 0.325 e. The summed E-state index contributed by atoms with van der Waals surface area (Å²) in [4.78, 5) is 22.4. The van der Waals surface area contributed by atoms with Crippen molar-refractivity contribution in [2.24, 2.45) is 17.8 Å². The van der Waals surface area contributed by atoms with Crippen LogP contribution in [0.5, 0.6) is 0 Å². The van der Waals surface area contributed by atoms with Crippen LogP contribution in [0.15, 0.2) is 0 Å². The fourth-order valence-electron chi connectivity index (χ4n) is 2.95. The van der Waals surface area contributed by atoms with Crippen LogP contribution >= 0.6 is 0 Å². The average Bonchev–Trinajstić information content (AvgIpc) is 2.78. The molecule has 0 aromatic carbocycles. The average molecular weight is 211 g/mol. The van der Waals surface area contributed by atoms with Gasteiger partial charge in [-0.05, 0) is 38.0 Å². The lowest BCUT2D eigenvalue weighted by Crippen LogP contribution is -2.42. The van der Waals surface area contributed by atoms with Crippen LogP contribution in [0.3, 0.4) is 0 Å². The lowest BCUT2D eigenvalue weighted by Gasteiger charge is -2.21. The molecule has 1 amide bonds. The number of carbonyl (C=O) groups is 2. The minimum atomic E-state index is -0.966. The molecule has 2 fully saturated rings. The van der Waals surface area contributed by atoms with Crippen molar-refractivity contribution in [1.29, 1.82) is 0 Å². The number of hydrogen-bond donors (Lipinski definition) is 2. The van der Waals surface area contributed by atoms with Gasteiger partial charge in [-0.25, -0.2) is 0 Å². The number of rotatable bonds is 3. The first-order chi connectivity index (χ1) is 7.08. The van der Waals surface area contributed by atoms with Crippen LogP contribution in [-0.4, -0.2) is 23.0 Å². The normalized spacial score (nSPS) is 35.1. The molecule has 0 radical (unpaired) electrons. The first-order valence-electron chi connectivity index (χ1n) is 5.61. The highest BCUT2D eigenvalue weighted by atomic mass is 16.4. The van der Waals surface area contributed by atoms with E-state index in [4.69, 9.17) is 5.11 Å². The van der Waals surface area contributed by atoms with Crippen LogP contribution in [0, 0.1) is 17.8 Å². The highest BCUT2D eigenvalue weighted by Gasteiger charge is 2.43. The van der Waals surface area contributed by atoms with Gasteiger partial charge >= 0.3 is 5.97 Å². The van der Waals surface area contributed by atoms with Crippen molar-refractivity contribution in [3.63, 3.8) is 0 Å². The number of amides is 1. The Balaban J connectivity index is 1.89. The minimum Gasteiger partial charge on any atom is -0.480 e. The van der Waals surface area contributed by atoms with E-state index in [1.165, 1.54) is 19.8 Å². The van der Waals surface area contributed by atoms with Crippen molar-refractivity contribution in [2.45, 2.75) is 38.6 Å². The number of carboxylic acids is 1. The Labute approximate surface area is 89.0 Å². The highest BCUT2D eigenvalue weighted by Crippen LogP contribution is 2.48.